The fourth-order valence-electron chi connectivity index (χ4n) is 4.11. The van der Waals surface area contributed by atoms with Crippen LogP contribution in [0.2, 0.25) is 0 Å². The molecule has 12 nitrogen and oxygen atoms in total. The number of hydrogen-bond acceptors (Lipinski definition) is 8. The number of rotatable bonds is 9. The fourth-order valence-corrected chi connectivity index (χ4v) is 4.11. The van der Waals surface area contributed by atoms with E-state index in [9.17, 15) is 47.7 Å². The molecule has 39 heavy (non-hydrogen) atoms. The molecular weight excluding hydrogens is 616 g/mol. The van der Waals surface area contributed by atoms with Crippen molar-refractivity contribution in [3.8, 4) is 0 Å². The monoisotopic (exact) mass is 650 g/mol. The number of hydrogen-bond donors (Lipinski definition) is 4. The summed E-state index contributed by atoms with van der Waals surface area (Å²) in [5.41, 5.74) is -1.30. The second kappa shape index (κ2) is 16.6. The van der Waals surface area contributed by atoms with Gasteiger partial charge in [0.1, 0.15) is 0 Å². The van der Waals surface area contributed by atoms with Gasteiger partial charge in [-0.2, -0.15) is 13.2 Å². The number of carboxylic acid groups (broad SMARTS) is 3. The minimum absolute atomic E-state index is 0. The molecule has 0 aromatic heterocycles. The van der Waals surface area contributed by atoms with Gasteiger partial charge in [0, 0.05) is 52.4 Å². The number of aliphatic carboxylic acids is 3. The normalized spacial score (nSPS) is 19.3. The third kappa shape index (κ3) is 13.4. The summed E-state index contributed by atoms with van der Waals surface area (Å²) in [4.78, 5) is 53.1. The molecule has 1 aliphatic heterocycles. The third-order valence-corrected chi connectivity index (χ3v) is 5.99. The molecule has 1 amide bonds. The van der Waals surface area contributed by atoms with Gasteiger partial charge in [-0.1, -0.05) is 18.1 Å². The molecule has 1 heterocycles. The van der Waals surface area contributed by atoms with E-state index in [1.807, 2.05) is 0 Å². The molecule has 0 aromatic carbocycles. The maximum absolute atomic E-state index is 13.3. The van der Waals surface area contributed by atoms with E-state index in [1.165, 1.54) is 12.5 Å². The van der Waals surface area contributed by atoms with E-state index in [-0.39, 0.29) is 110 Å². The van der Waals surface area contributed by atoms with Crippen LogP contribution < -0.4 is 5.32 Å². The fraction of sp³-hybridized carbons (Fsp3) is 0.609. The molecule has 0 saturated carbocycles. The van der Waals surface area contributed by atoms with E-state index in [4.69, 9.17) is 0 Å². The van der Waals surface area contributed by atoms with Crippen molar-refractivity contribution in [3.05, 3.63) is 29.8 Å². The van der Waals surface area contributed by atoms with Gasteiger partial charge in [-0.15, -0.1) is 0 Å². The summed E-state index contributed by atoms with van der Waals surface area (Å²) in [7, 11) is 0. The Balaban J connectivity index is 0.00000760. The number of alkyl halides is 3. The predicted octanol–water partition coefficient (Wildman–Crippen LogP) is -0.444. The Morgan fingerprint density at radius 3 is 1.44 bits per heavy atom. The van der Waals surface area contributed by atoms with Gasteiger partial charge in [-0.05, 0) is 5.70 Å². The summed E-state index contributed by atoms with van der Waals surface area (Å²) < 4.78 is 39.9. The molecule has 4 N–H and O–H groups in total. The average molecular weight is 650 g/mol. The number of carbonyl (C=O) groups is 4. The van der Waals surface area contributed by atoms with Crippen LogP contribution in [0.4, 0.5) is 13.2 Å². The maximum Gasteiger partial charge on any atom is 1.00 e. The van der Waals surface area contributed by atoms with Crippen LogP contribution in [0.5, 0.6) is 0 Å². The minimum atomic E-state index is -4.65. The molecule has 0 bridgehead atoms. The molecule has 2 aliphatic rings. The van der Waals surface area contributed by atoms with E-state index >= 15 is 0 Å². The summed E-state index contributed by atoms with van der Waals surface area (Å²) in [5.74, 6) is -3.95. The Labute approximate surface area is 236 Å². The zero-order chi connectivity index (χ0) is 28.3. The molecule has 221 valence electrons. The zero-order valence-corrected chi connectivity index (χ0v) is 22.9. The quantitative estimate of drug-likeness (QED) is 0.190. The number of carboxylic acids is 3. The largest absolute Gasteiger partial charge is 1.00 e. The van der Waals surface area contributed by atoms with Gasteiger partial charge in [-0.25, -0.2) is 12.5 Å². The van der Waals surface area contributed by atoms with E-state index in [1.54, 1.807) is 19.6 Å². The van der Waals surface area contributed by atoms with Gasteiger partial charge in [0.05, 0.1) is 26.2 Å². The number of amides is 1. The molecule has 16 heteroatoms. The first-order valence-corrected chi connectivity index (χ1v) is 12.0. The first-order valence-electron chi connectivity index (χ1n) is 12.0. The topological polar surface area (TPSA) is 154 Å². The van der Waals surface area contributed by atoms with Gasteiger partial charge in [0.25, 0.3) is 0 Å². The molecular formula is C23H33F3N5O7Ru. The Morgan fingerprint density at radius 2 is 1.10 bits per heavy atom. The van der Waals surface area contributed by atoms with Crippen LogP contribution in [0.1, 0.15) is 6.42 Å². The Morgan fingerprint density at radius 1 is 0.744 bits per heavy atom. The second-order valence-electron chi connectivity index (χ2n) is 9.00. The van der Waals surface area contributed by atoms with Gasteiger partial charge in [0.2, 0.25) is 5.91 Å². The van der Waals surface area contributed by atoms with Crippen molar-refractivity contribution in [2.45, 2.75) is 12.6 Å². The van der Waals surface area contributed by atoms with Crippen molar-refractivity contribution in [3.63, 3.8) is 0 Å². The number of halogens is 3. The molecule has 0 aromatic rings. The summed E-state index contributed by atoms with van der Waals surface area (Å²) in [5, 5.41) is 30.1. The van der Waals surface area contributed by atoms with Crippen molar-refractivity contribution in [1.82, 2.24) is 24.9 Å². The Kier molecular flexibility index (Phi) is 14.7. The first-order chi connectivity index (χ1) is 17.8. The molecule has 0 atom stereocenters. The van der Waals surface area contributed by atoms with Gasteiger partial charge in [-0.3, -0.25) is 38.8 Å². The Hall–Kier alpha value is -2.52. The van der Waals surface area contributed by atoms with Crippen LogP contribution >= 0.6 is 0 Å². The smallest absolute Gasteiger partial charge is 0.480 e. The molecule has 0 unspecified atom stereocenters. The van der Waals surface area contributed by atoms with Crippen LogP contribution in [0.15, 0.2) is 23.4 Å². The first kappa shape index (κ1) is 34.5. The Bertz CT molecular complexity index is 900. The molecule has 2 rings (SSSR count). The van der Waals surface area contributed by atoms with Crippen molar-refractivity contribution in [1.29, 1.82) is 0 Å². The van der Waals surface area contributed by atoms with Crippen LogP contribution in [0, 0.1) is 6.42 Å². The average Bonchev–Trinajstić information content (AvgIpc) is 2.79. The second-order valence-corrected chi connectivity index (χ2v) is 9.00. The summed E-state index contributed by atoms with van der Waals surface area (Å²) in [6, 6.07) is 0. The van der Waals surface area contributed by atoms with Crippen molar-refractivity contribution < 1.29 is 67.1 Å². The van der Waals surface area contributed by atoms with Crippen LogP contribution in [-0.4, -0.2) is 143 Å². The predicted molar refractivity (Wildman–Crippen MR) is 128 cm³/mol. The standard InChI is InChI=1S/C23H33F3N5O7.Ru/c24-23(25,26)17-3-1-2-4-18(17)27-19(32)13-28-5-7-29(14-20(33)34)9-11-31(16-22(37)38)12-10-30(8-6-28)15-21(35)36;/h1,3-4H,2,5-16H2,(H,27,32)(H,33,34)(H,35,36)(H,37,38);/q-1;+1. The number of nitrogens with one attached hydrogen (secondary N) is 1. The molecule has 1 fully saturated rings. The van der Waals surface area contributed by atoms with Crippen molar-refractivity contribution in [2.24, 2.45) is 0 Å². The van der Waals surface area contributed by atoms with Crippen LogP contribution in [-0.2, 0) is 38.7 Å². The van der Waals surface area contributed by atoms with E-state index in [2.05, 4.69) is 5.32 Å². The van der Waals surface area contributed by atoms with Gasteiger partial charge >= 0.3 is 43.6 Å². The van der Waals surface area contributed by atoms with Crippen LogP contribution in [0.25, 0.3) is 0 Å². The molecule has 1 radical (unpaired) electrons. The summed E-state index contributed by atoms with van der Waals surface area (Å²) in [6.45, 7) is 0.348. The molecule has 1 aliphatic carbocycles. The van der Waals surface area contributed by atoms with Crippen molar-refractivity contribution in [2.75, 3.05) is 78.5 Å². The van der Waals surface area contributed by atoms with Crippen LogP contribution in [0.3, 0.4) is 0 Å². The number of allylic oxidation sites excluding steroid dienone is 3. The van der Waals surface area contributed by atoms with Gasteiger partial charge in [0.15, 0.2) is 0 Å². The summed E-state index contributed by atoms with van der Waals surface area (Å²) >= 11 is 0. The zero-order valence-electron chi connectivity index (χ0n) is 21.2. The summed E-state index contributed by atoms with van der Waals surface area (Å²) in [6.07, 6.45) is -0.907. The maximum atomic E-state index is 13.3. The minimum Gasteiger partial charge on any atom is -0.480 e. The number of carbonyl (C=O) groups excluding carboxylic acids is 1. The van der Waals surface area contributed by atoms with Crippen molar-refractivity contribution >= 4 is 23.8 Å². The van der Waals surface area contributed by atoms with E-state index < -0.39 is 35.6 Å². The van der Waals surface area contributed by atoms with Gasteiger partial charge < -0.3 is 20.6 Å². The third-order valence-electron chi connectivity index (χ3n) is 5.99. The van der Waals surface area contributed by atoms with E-state index in [0.29, 0.717) is 0 Å². The molecule has 1 saturated heterocycles. The number of nitrogens with zero attached hydrogens (tertiary/aromatic N) is 4. The molecule has 0 spiro atoms. The SMILES string of the molecule is O=C(O)CN1CCN(CC(=O)O)CCN(CC(=O)NC2=CC[CH-]C=C2C(F)(F)F)CCN(CC(=O)O)CC1.[Ru+]. The van der Waals surface area contributed by atoms with E-state index in [0.717, 1.165) is 6.08 Å².